The summed E-state index contributed by atoms with van der Waals surface area (Å²) in [4.78, 5) is 4.27. The van der Waals surface area contributed by atoms with E-state index in [1.54, 1.807) is 29.0 Å². The number of fused-ring (bicyclic) bond motifs is 1. The molecule has 1 aromatic carbocycles. The molecule has 3 aromatic rings. The van der Waals surface area contributed by atoms with E-state index >= 15 is 0 Å². The highest BCUT2D eigenvalue weighted by atomic mass is 35.5. The number of nitrogens with zero attached hydrogens (tertiary/aromatic N) is 4. The van der Waals surface area contributed by atoms with Crippen molar-refractivity contribution in [3.63, 3.8) is 0 Å². The highest BCUT2D eigenvalue weighted by Gasteiger charge is 2.42. The number of nitriles is 1. The SMILES string of the molecule is N#Cc1cc([C@H]2C[C@@H]2c2cc(Cl)nn3ccnc23)ccc1C(F)(F)F. The molecule has 25 heavy (non-hydrogen) atoms. The van der Waals surface area contributed by atoms with E-state index in [1.165, 1.54) is 12.1 Å². The summed E-state index contributed by atoms with van der Waals surface area (Å²) in [7, 11) is 0. The van der Waals surface area contributed by atoms with Gasteiger partial charge in [0.15, 0.2) is 5.65 Å². The lowest BCUT2D eigenvalue weighted by Crippen LogP contribution is -2.08. The van der Waals surface area contributed by atoms with Crippen molar-refractivity contribution < 1.29 is 13.2 Å². The second-order valence-electron chi connectivity index (χ2n) is 5.98. The molecule has 2 heterocycles. The van der Waals surface area contributed by atoms with Gasteiger partial charge in [0.25, 0.3) is 0 Å². The van der Waals surface area contributed by atoms with Crippen LogP contribution in [0.5, 0.6) is 0 Å². The van der Waals surface area contributed by atoms with Crippen LogP contribution < -0.4 is 0 Å². The Morgan fingerprint density at radius 2 is 2.04 bits per heavy atom. The molecule has 1 aliphatic carbocycles. The largest absolute Gasteiger partial charge is 0.417 e. The summed E-state index contributed by atoms with van der Waals surface area (Å²) in [5.74, 6) is 0.127. The summed E-state index contributed by atoms with van der Waals surface area (Å²) in [6.45, 7) is 0. The van der Waals surface area contributed by atoms with E-state index in [1.807, 2.05) is 0 Å². The van der Waals surface area contributed by atoms with Crippen LogP contribution in [0.2, 0.25) is 5.15 Å². The fourth-order valence-electron chi connectivity index (χ4n) is 3.22. The van der Waals surface area contributed by atoms with Gasteiger partial charge < -0.3 is 0 Å². The van der Waals surface area contributed by atoms with E-state index in [4.69, 9.17) is 16.9 Å². The fourth-order valence-corrected chi connectivity index (χ4v) is 3.42. The van der Waals surface area contributed by atoms with Crippen molar-refractivity contribution in [1.29, 1.82) is 5.26 Å². The van der Waals surface area contributed by atoms with Crippen LogP contribution in [0, 0.1) is 11.3 Å². The molecule has 0 unspecified atom stereocenters. The standard InChI is InChI=1S/C17H10ClF3N4/c18-15-7-13(16-23-3-4-25(16)24-15)12-6-11(12)9-1-2-14(17(19,20)21)10(5-9)8-22/h1-5,7,11-12H,6H2/t11-,12+/m1/s1. The molecule has 0 spiro atoms. The van der Waals surface area contributed by atoms with Gasteiger partial charge in [-0.3, -0.25) is 0 Å². The number of hydrogen-bond donors (Lipinski definition) is 0. The zero-order valence-electron chi connectivity index (χ0n) is 12.6. The average molecular weight is 363 g/mol. The predicted molar refractivity (Wildman–Crippen MR) is 84.3 cm³/mol. The van der Waals surface area contributed by atoms with Gasteiger partial charge in [-0.15, -0.1) is 0 Å². The maximum atomic E-state index is 12.9. The van der Waals surface area contributed by atoms with Crippen molar-refractivity contribution >= 4 is 17.2 Å². The van der Waals surface area contributed by atoms with Gasteiger partial charge in [0.2, 0.25) is 0 Å². The lowest BCUT2D eigenvalue weighted by Gasteiger charge is -2.10. The first-order valence-electron chi connectivity index (χ1n) is 7.49. The highest BCUT2D eigenvalue weighted by molar-refractivity contribution is 6.29. The second-order valence-corrected chi connectivity index (χ2v) is 6.37. The van der Waals surface area contributed by atoms with E-state index in [9.17, 15) is 13.2 Å². The minimum atomic E-state index is -4.53. The van der Waals surface area contributed by atoms with Gasteiger partial charge in [0.1, 0.15) is 5.15 Å². The van der Waals surface area contributed by atoms with Gasteiger partial charge in [-0.2, -0.15) is 23.5 Å². The zero-order chi connectivity index (χ0) is 17.8. The molecule has 0 amide bonds. The molecule has 0 radical (unpaired) electrons. The zero-order valence-corrected chi connectivity index (χ0v) is 13.4. The minimum Gasteiger partial charge on any atom is -0.235 e. The molecule has 0 saturated heterocycles. The normalized spacial score (nSPS) is 19.8. The molecular formula is C17H10ClF3N4. The quantitative estimate of drug-likeness (QED) is 0.672. The lowest BCUT2D eigenvalue weighted by atomic mass is 9.99. The van der Waals surface area contributed by atoms with Crippen LogP contribution in [-0.4, -0.2) is 14.6 Å². The summed E-state index contributed by atoms with van der Waals surface area (Å²) in [5, 5.41) is 13.5. The Labute approximate surface area is 145 Å². The summed E-state index contributed by atoms with van der Waals surface area (Å²) in [6, 6.07) is 7.14. The molecular weight excluding hydrogens is 353 g/mol. The Morgan fingerprint density at radius 1 is 1.24 bits per heavy atom. The van der Waals surface area contributed by atoms with Crippen molar-refractivity contribution in [1.82, 2.24) is 14.6 Å². The van der Waals surface area contributed by atoms with Crippen molar-refractivity contribution in [2.45, 2.75) is 24.4 Å². The van der Waals surface area contributed by atoms with E-state index in [0.717, 1.165) is 18.1 Å². The van der Waals surface area contributed by atoms with E-state index in [-0.39, 0.29) is 17.4 Å². The number of rotatable bonds is 2. The number of imidazole rings is 1. The number of alkyl halides is 3. The third kappa shape index (κ3) is 2.72. The monoisotopic (exact) mass is 362 g/mol. The van der Waals surface area contributed by atoms with Crippen LogP contribution in [-0.2, 0) is 6.18 Å². The summed E-state index contributed by atoms with van der Waals surface area (Å²) in [5.41, 5.74) is 1.05. The van der Waals surface area contributed by atoms with Gasteiger partial charge in [0.05, 0.1) is 17.2 Å². The summed E-state index contributed by atoms with van der Waals surface area (Å²) in [6.07, 6.45) is -0.467. The molecule has 8 heteroatoms. The molecule has 2 atom stereocenters. The Kier molecular flexibility index (Phi) is 3.48. The topological polar surface area (TPSA) is 54.0 Å². The maximum absolute atomic E-state index is 12.9. The van der Waals surface area contributed by atoms with Gasteiger partial charge >= 0.3 is 6.18 Å². The predicted octanol–water partition coefficient (Wildman–Crippen LogP) is 4.54. The van der Waals surface area contributed by atoms with Crippen molar-refractivity contribution in [2.75, 3.05) is 0 Å². The third-order valence-electron chi connectivity index (χ3n) is 4.45. The maximum Gasteiger partial charge on any atom is 0.417 e. The fraction of sp³-hybridized carbons (Fsp3) is 0.235. The van der Waals surface area contributed by atoms with E-state index < -0.39 is 11.7 Å². The molecule has 0 bridgehead atoms. The minimum absolute atomic E-state index is 0.0355. The molecule has 0 aliphatic heterocycles. The second kappa shape index (κ2) is 5.46. The first kappa shape index (κ1) is 15.9. The van der Waals surface area contributed by atoms with E-state index in [2.05, 4.69) is 10.1 Å². The Balaban J connectivity index is 1.70. The molecule has 1 aliphatic rings. The van der Waals surface area contributed by atoms with Crippen molar-refractivity contribution in [3.8, 4) is 6.07 Å². The number of aromatic nitrogens is 3. The number of benzene rings is 1. The Bertz CT molecular complexity index is 1020. The van der Waals surface area contributed by atoms with Gasteiger partial charge in [0, 0.05) is 18.0 Å². The molecule has 126 valence electrons. The molecule has 0 N–H and O–H groups in total. The molecule has 4 nitrogen and oxygen atoms in total. The van der Waals surface area contributed by atoms with Crippen LogP contribution >= 0.6 is 11.6 Å². The average Bonchev–Trinajstić information content (AvgIpc) is 3.22. The molecule has 1 saturated carbocycles. The highest BCUT2D eigenvalue weighted by Crippen LogP contribution is 2.56. The van der Waals surface area contributed by atoms with Crippen LogP contribution in [0.15, 0.2) is 36.7 Å². The molecule has 1 fully saturated rings. The van der Waals surface area contributed by atoms with Crippen LogP contribution in [0.3, 0.4) is 0 Å². The van der Waals surface area contributed by atoms with Gasteiger partial charge in [-0.1, -0.05) is 17.7 Å². The Hall–Kier alpha value is -2.59. The first-order valence-corrected chi connectivity index (χ1v) is 7.87. The van der Waals surface area contributed by atoms with Crippen molar-refractivity contribution in [2.24, 2.45) is 0 Å². The third-order valence-corrected chi connectivity index (χ3v) is 4.63. The Morgan fingerprint density at radius 3 is 2.76 bits per heavy atom. The number of hydrogen-bond acceptors (Lipinski definition) is 3. The smallest absolute Gasteiger partial charge is 0.235 e. The van der Waals surface area contributed by atoms with Crippen LogP contribution in [0.4, 0.5) is 13.2 Å². The van der Waals surface area contributed by atoms with E-state index in [0.29, 0.717) is 16.4 Å². The first-order chi connectivity index (χ1) is 11.9. The molecule has 4 rings (SSSR count). The molecule has 2 aromatic heterocycles. The van der Waals surface area contributed by atoms with Crippen LogP contribution in [0.1, 0.15) is 40.5 Å². The summed E-state index contributed by atoms with van der Waals surface area (Å²) < 4.78 is 40.4. The van der Waals surface area contributed by atoms with Gasteiger partial charge in [-0.05, 0) is 42.0 Å². The number of halogens is 4. The lowest BCUT2D eigenvalue weighted by molar-refractivity contribution is -0.137. The van der Waals surface area contributed by atoms with Crippen LogP contribution in [0.25, 0.3) is 5.65 Å². The summed E-state index contributed by atoms with van der Waals surface area (Å²) >= 11 is 6.04. The van der Waals surface area contributed by atoms with Crippen molar-refractivity contribution in [3.05, 3.63) is 64.1 Å². The van der Waals surface area contributed by atoms with Gasteiger partial charge in [-0.25, -0.2) is 9.50 Å².